The van der Waals surface area contributed by atoms with E-state index in [0.717, 1.165) is 36.3 Å². The third-order valence-corrected chi connectivity index (χ3v) is 5.87. The minimum absolute atomic E-state index is 0.0445. The van der Waals surface area contributed by atoms with Gasteiger partial charge in [-0.1, -0.05) is 41.7 Å². The van der Waals surface area contributed by atoms with Crippen LogP contribution in [0, 0.1) is 0 Å². The summed E-state index contributed by atoms with van der Waals surface area (Å²) < 4.78 is 5.53. The van der Waals surface area contributed by atoms with Crippen molar-refractivity contribution in [1.29, 1.82) is 0 Å². The molecule has 0 bridgehead atoms. The number of anilines is 1. The van der Waals surface area contributed by atoms with Gasteiger partial charge in [-0.05, 0) is 31.2 Å². The van der Waals surface area contributed by atoms with Gasteiger partial charge in [0, 0.05) is 18.0 Å². The topological polar surface area (TPSA) is 81.3 Å². The molecule has 7 heteroatoms. The van der Waals surface area contributed by atoms with Crippen LogP contribution < -0.4 is 5.73 Å². The molecule has 2 heterocycles. The standard InChI is InChI=1S/C17H20N4O2S/c18-15-20-19-14(24-15)13-6-9-21(17(10-13)7-8-17)16(22)23-11-12-4-2-1-3-5-12/h1-5,13H,6-11H2,(H2,18,20). The third kappa shape index (κ3) is 2.96. The summed E-state index contributed by atoms with van der Waals surface area (Å²) in [5, 5.41) is 9.62. The van der Waals surface area contributed by atoms with E-state index in [1.807, 2.05) is 35.2 Å². The molecule has 4 rings (SSSR count). The zero-order chi connectivity index (χ0) is 16.6. The van der Waals surface area contributed by atoms with Crippen molar-refractivity contribution in [2.24, 2.45) is 0 Å². The van der Waals surface area contributed by atoms with Crippen molar-refractivity contribution in [3.05, 3.63) is 40.9 Å². The maximum absolute atomic E-state index is 12.5. The highest BCUT2D eigenvalue weighted by atomic mass is 32.1. The van der Waals surface area contributed by atoms with E-state index < -0.39 is 0 Å². The average molecular weight is 344 g/mol. The maximum Gasteiger partial charge on any atom is 0.410 e. The maximum atomic E-state index is 12.5. The van der Waals surface area contributed by atoms with Gasteiger partial charge < -0.3 is 15.4 Å². The Morgan fingerprint density at radius 1 is 1.33 bits per heavy atom. The number of nitrogens with two attached hydrogens (primary N) is 1. The number of ether oxygens (including phenoxy) is 1. The molecule has 1 aromatic heterocycles. The molecule has 126 valence electrons. The second kappa shape index (κ2) is 6.05. The van der Waals surface area contributed by atoms with Gasteiger partial charge in [-0.25, -0.2) is 4.79 Å². The molecule has 1 aliphatic heterocycles. The minimum atomic E-state index is -0.202. The number of nitrogens with zero attached hydrogens (tertiary/aromatic N) is 3. The largest absolute Gasteiger partial charge is 0.445 e. The zero-order valence-electron chi connectivity index (χ0n) is 13.4. The van der Waals surface area contributed by atoms with Crippen molar-refractivity contribution < 1.29 is 9.53 Å². The number of aromatic nitrogens is 2. The zero-order valence-corrected chi connectivity index (χ0v) is 14.2. The second-order valence-electron chi connectivity index (χ2n) is 6.58. The monoisotopic (exact) mass is 344 g/mol. The lowest BCUT2D eigenvalue weighted by atomic mass is 9.90. The van der Waals surface area contributed by atoms with E-state index in [1.54, 1.807) is 0 Å². The number of nitrogen functional groups attached to an aromatic ring is 1. The smallest absolute Gasteiger partial charge is 0.410 e. The van der Waals surface area contributed by atoms with E-state index in [2.05, 4.69) is 10.2 Å². The first-order chi connectivity index (χ1) is 11.7. The Hall–Kier alpha value is -2.15. The van der Waals surface area contributed by atoms with Gasteiger partial charge in [0.2, 0.25) is 5.13 Å². The van der Waals surface area contributed by atoms with Gasteiger partial charge in [0.15, 0.2) is 0 Å². The molecular weight excluding hydrogens is 324 g/mol. The van der Waals surface area contributed by atoms with Gasteiger partial charge in [0.25, 0.3) is 0 Å². The van der Waals surface area contributed by atoms with Crippen LogP contribution in [0.5, 0.6) is 0 Å². The molecule has 1 spiro atoms. The average Bonchev–Trinajstić information content (AvgIpc) is 3.22. The van der Waals surface area contributed by atoms with Gasteiger partial charge in [-0.2, -0.15) is 0 Å². The molecule has 1 amide bonds. The number of rotatable bonds is 3. The van der Waals surface area contributed by atoms with Crippen LogP contribution in [-0.2, 0) is 11.3 Å². The summed E-state index contributed by atoms with van der Waals surface area (Å²) in [7, 11) is 0. The minimum Gasteiger partial charge on any atom is -0.445 e. The molecule has 1 unspecified atom stereocenters. The number of carbonyl (C=O) groups is 1. The van der Waals surface area contributed by atoms with Gasteiger partial charge >= 0.3 is 6.09 Å². The van der Waals surface area contributed by atoms with Crippen LogP contribution in [0.15, 0.2) is 30.3 Å². The van der Waals surface area contributed by atoms with E-state index >= 15 is 0 Å². The van der Waals surface area contributed by atoms with E-state index in [9.17, 15) is 4.79 Å². The van der Waals surface area contributed by atoms with Crippen LogP contribution in [-0.4, -0.2) is 33.3 Å². The fourth-order valence-electron chi connectivity index (χ4n) is 3.52. The lowest BCUT2D eigenvalue weighted by molar-refractivity contribution is 0.0568. The number of likely N-dealkylation sites (tertiary alicyclic amines) is 1. The van der Waals surface area contributed by atoms with Gasteiger partial charge in [-0.15, -0.1) is 10.2 Å². The molecule has 1 aliphatic carbocycles. The second-order valence-corrected chi connectivity index (χ2v) is 7.63. The first-order valence-electron chi connectivity index (χ1n) is 8.23. The third-order valence-electron chi connectivity index (χ3n) is 4.96. The van der Waals surface area contributed by atoms with Crippen molar-refractivity contribution >= 4 is 22.6 Å². The highest BCUT2D eigenvalue weighted by Gasteiger charge is 2.54. The van der Waals surface area contributed by atoms with Crippen molar-refractivity contribution in [1.82, 2.24) is 15.1 Å². The van der Waals surface area contributed by atoms with Gasteiger partial charge in [0.1, 0.15) is 11.6 Å². The number of amides is 1. The van der Waals surface area contributed by atoms with Crippen molar-refractivity contribution in [3.8, 4) is 0 Å². The van der Waals surface area contributed by atoms with Crippen molar-refractivity contribution in [2.45, 2.75) is 43.7 Å². The summed E-state index contributed by atoms with van der Waals surface area (Å²) in [4.78, 5) is 14.5. The van der Waals surface area contributed by atoms with E-state index in [-0.39, 0.29) is 11.6 Å². The Labute approximate surface area is 144 Å². The molecule has 1 saturated heterocycles. The summed E-state index contributed by atoms with van der Waals surface area (Å²) in [6.45, 7) is 1.03. The first-order valence-corrected chi connectivity index (χ1v) is 9.05. The van der Waals surface area contributed by atoms with E-state index in [0.29, 0.717) is 24.2 Å². The Kier molecular flexibility index (Phi) is 3.88. The number of carbonyl (C=O) groups excluding carboxylic acids is 1. The summed E-state index contributed by atoms with van der Waals surface area (Å²) in [5.41, 5.74) is 6.66. The SMILES string of the molecule is Nc1nnc(C2CCN(C(=O)OCc3ccccc3)C3(CC3)C2)s1. The molecule has 2 aromatic rings. The summed E-state index contributed by atoms with van der Waals surface area (Å²) in [6, 6.07) is 9.78. The van der Waals surface area contributed by atoms with Crippen molar-refractivity contribution in [3.63, 3.8) is 0 Å². The Morgan fingerprint density at radius 3 is 2.79 bits per heavy atom. The molecule has 1 aromatic carbocycles. The molecular formula is C17H20N4O2S. The van der Waals surface area contributed by atoms with Gasteiger partial charge in [0.05, 0.1) is 0 Å². The van der Waals surface area contributed by atoms with Crippen LogP contribution in [0.4, 0.5) is 9.93 Å². The molecule has 2 N–H and O–H groups in total. The van der Waals surface area contributed by atoms with E-state index in [4.69, 9.17) is 10.5 Å². The predicted molar refractivity (Wildman–Crippen MR) is 91.6 cm³/mol. The van der Waals surface area contributed by atoms with Crippen LogP contribution in [0.3, 0.4) is 0 Å². The molecule has 24 heavy (non-hydrogen) atoms. The lowest BCUT2D eigenvalue weighted by Gasteiger charge is -2.38. The molecule has 2 fully saturated rings. The molecule has 1 saturated carbocycles. The lowest BCUT2D eigenvalue weighted by Crippen LogP contribution is -2.47. The molecule has 6 nitrogen and oxygen atoms in total. The van der Waals surface area contributed by atoms with Crippen LogP contribution >= 0.6 is 11.3 Å². The predicted octanol–water partition coefficient (Wildman–Crippen LogP) is 3.17. The number of piperidine rings is 1. The summed E-state index contributed by atoms with van der Waals surface area (Å²) >= 11 is 1.46. The summed E-state index contributed by atoms with van der Waals surface area (Å²) in [5.74, 6) is 0.348. The van der Waals surface area contributed by atoms with E-state index in [1.165, 1.54) is 11.3 Å². The molecule has 1 atom stereocenters. The molecule has 0 radical (unpaired) electrons. The summed E-state index contributed by atoms with van der Waals surface area (Å²) in [6.07, 6.45) is 3.70. The Morgan fingerprint density at radius 2 is 2.12 bits per heavy atom. The number of hydrogen-bond donors (Lipinski definition) is 1. The first kappa shape index (κ1) is 15.4. The number of benzene rings is 1. The van der Waals surface area contributed by atoms with Crippen molar-refractivity contribution in [2.75, 3.05) is 12.3 Å². The van der Waals surface area contributed by atoms with Gasteiger partial charge in [-0.3, -0.25) is 0 Å². The highest BCUT2D eigenvalue weighted by molar-refractivity contribution is 7.15. The Bertz CT molecular complexity index is 729. The fraction of sp³-hybridized carbons (Fsp3) is 0.471. The van der Waals surface area contributed by atoms with Crippen LogP contribution in [0.1, 0.15) is 42.2 Å². The molecule has 2 aliphatic rings. The number of hydrogen-bond acceptors (Lipinski definition) is 6. The highest BCUT2D eigenvalue weighted by Crippen LogP contribution is 2.52. The quantitative estimate of drug-likeness (QED) is 0.925. The Balaban J connectivity index is 1.39. The van der Waals surface area contributed by atoms with Crippen LogP contribution in [0.25, 0.3) is 0 Å². The van der Waals surface area contributed by atoms with Crippen LogP contribution in [0.2, 0.25) is 0 Å². The normalized spacial score (nSPS) is 21.7. The fourth-order valence-corrected chi connectivity index (χ4v) is 4.26.